The fourth-order valence-electron chi connectivity index (χ4n) is 1.55. The van der Waals surface area contributed by atoms with Gasteiger partial charge in [0.2, 0.25) is 10.0 Å². The summed E-state index contributed by atoms with van der Waals surface area (Å²) in [5.41, 5.74) is 1.76. The van der Waals surface area contributed by atoms with Crippen LogP contribution in [-0.4, -0.2) is 29.8 Å². The van der Waals surface area contributed by atoms with E-state index < -0.39 is 10.0 Å². The minimum Gasteiger partial charge on any atom is -0.361 e. The van der Waals surface area contributed by atoms with Crippen LogP contribution in [-0.2, 0) is 15.8 Å². The molecule has 1 N–H and O–H groups in total. The lowest BCUT2D eigenvalue weighted by atomic mass is 10.2. The molecule has 0 saturated heterocycles. The fraction of sp³-hybridized carbons (Fsp3) is 0.364. The van der Waals surface area contributed by atoms with Crippen molar-refractivity contribution in [3.05, 3.63) is 28.2 Å². The Bertz CT molecular complexity index is 741. The van der Waals surface area contributed by atoms with Crippen LogP contribution >= 0.6 is 23.4 Å². The van der Waals surface area contributed by atoms with Gasteiger partial charge in [-0.1, -0.05) is 28.5 Å². The van der Waals surface area contributed by atoms with E-state index in [9.17, 15) is 8.42 Å². The van der Waals surface area contributed by atoms with Crippen molar-refractivity contribution in [2.24, 2.45) is 0 Å². The molecule has 0 saturated carbocycles. The van der Waals surface area contributed by atoms with Crippen LogP contribution in [0.1, 0.15) is 17.0 Å². The maximum atomic E-state index is 11.2. The summed E-state index contributed by atoms with van der Waals surface area (Å²) < 4.78 is 29.8. The van der Waals surface area contributed by atoms with Gasteiger partial charge in [-0.25, -0.2) is 18.4 Å². The molecule has 10 heteroatoms. The lowest BCUT2D eigenvalue weighted by Gasteiger charge is -2.06. The standard InChI is InChI=1S/C11H13ClN4O3S2/c1-6-8(7(2)19-15-6)5-20-11-13-9(12)4-10(14-11)16-21(3,17)18/h4H,5H2,1-3H3,(H,13,14,16). The van der Waals surface area contributed by atoms with Crippen molar-refractivity contribution in [2.75, 3.05) is 11.0 Å². The van der Waals surface area contributed by atoms with Crippen LogP contribution in [0.4, 0.5) is 5.82 Å². The molecule has 7 nitrogen and oxygen atoms in total. The molecule has 0 fully saturated rings. The third kappa shape index (κ3) is 4.58. The van der Waals surface area contributed by atoms with Gasteiger partial charge in [0, 0.05) is 17.4 Å². The Morgan fingerprint density at radius 3 is 2.67 bits per heavy atom. The quantitative estimate of drug-likeness (QED) is 0.503. The normalized spacial score (nSPS) is 11.6. The molecule has 0 aliphatic heterocycles. The Labute approximate surface area is 131 Å². The second-order valence-corrected chi connectivity index (χ2v) is 7.40. The molecule has 0 unspecified atom stereocenters. The highest BCUT2D eigenvalue weighted by Crippen LogP contribution is 2.26. The van der Waals surface area contributed by atoms with Crippen molar-refractivity contribution >= 4 is 39.2 Å². The van der Waals surface area contributed by atoms with Crippen molar-refractivity contribution in [1.82, 2.24) is 15.1 Å². The lowest BCUT2D eigenvalue weighted by molar-refractivity contribution is 0.392. The van der Waals surface area contributed by atoms with Crippen LogP contribution in [0, 0.1) is 13.8 Å². The van der Waals surface area contributed by atoms with E-state index in [1.807, 2.05) is 13.8 Å². The fourth-order valence-corrected chi connectivity index (χ4v) is 3.28. The van der Waals surface area contributed by atoms with Crippen LogP contribution in [0.2, 0.25) is 5.15 Å². The first-order valence-corrected chi connectivity index (χ1v) is 9.07. The highest BCUT2D eigenvalue weighted by atomic mass is 35.5. The predicted molar refractivity (Wildman–Crippen MR) is 81.0 cm³/mol. The third-order valence-corrected chi connectivity index (χ3v) is 4.14. The number of hydrogen-bond donors (Lipinski definition) is 1. The van der Waals surface area contributed by atoms with E-state index >= 15 is 0 Å². The zero-order valence-electron chi connectivity index (χ0n) is 11.5. The SMILES string of the molecule is Cc1noc(C)c1CSc1nc(Cl)cc(NS(C)(=O)=O)n1. The van der Waals surface area contributed by atoms with Crippen LogP contribution in [0.25, 0.3) is 0 Å². The largest absolute Gasteiger partial charge is 0.361 e. The second-order valence-electron chi connectivity index (χ2n) is 4.32. The summed E-state index contributed by atoms with van der Waals surface area (Å²) in [6.07, 6.45) is 1.04. The maximum Gasteiger partial charge on any atom is 0.230 e. The zero-order valence-corrected chi connectivity index (χ0v) is 13.9. The summed E-state index contributed by atoms with van der Waals surface area (Å²) in [5.74, 6) is 1.43. The van der Waals surface area contributed by atoms with Crippen LogP contribution in [0.5, 0.6) is 0 Å². The van der Waals surface area contributed by atoms with Gasteiger partial charge in [0.05, 0.1) is 11.9 Å². The maximum absolute atomic E-state index is 11.2. The minimum absolute atomic E-state index is 0.138. The number of sulfonamides is 1. The molecule has 2 rings (SSSR count). The van der Waals surface area contributed by atoms with Gasteiger partial charge in [-0.05, 0) is 13.8 Å². The predicted octanol–water partition coefficient (Wildman–Crippen LogP) is 2.40. The van der Waals surface area contributed by atoms with Gasteiger partial charge < -0.3 is 4.52 Å². The van der Waals surface area contributed by atoms with E-state index in [2.05, 4.69) is 19.8 Å². The molecule has 2 aromatic rings. The smallest absolute Gasteiger partial charge is 0.230 e. The molecule has 0 aliphatic rings. The molecular formula is C11H13ClN4O3S2. The first-order valence-electron chi connectivity index (χ1n) is 5.81. The number of aryl methyl sites for hydroxylation is 2. The third-order valence-electron chi connectivity index (χ3n) is 2.49. The van der Waals surface area contributed by atoms with Crippen LogP contribution in [0.3, 0.4) is 0 Å². The van der Waals surface area contributed by atoms with E-state index in [-0.39, 0.29) is 11.0 Å². The van der Waals surface area contributed by atoms with E-state index in [0.717, 1.165) is 23.3 Å². The number of halogens is 1. The lowest BCUT2D eigenvalue weighted by Crippen LogP contribution is -2.11. The van der Waals surface area contributed by atoms with E-state index in [0.29, 0.717) is 10.9 Å². The first kappa shape index (κ1) is 16.1. The Hall–Kier alpha value is -1.32. The Kier molecular flexibility index (Phi) is 4.74. The molecule has 21 heavy (non-hydrogen) atoms. The summed E-state index contributed by atoms with van der Waals surface area (Å²) in [5, 5.41) is 4.40. The molecule has 0 amide bonds. The van der Waals surface area contributed by atoms with Gasteiger partial charge in [-0.3, -0.25) is 4.72 Å². The number of hydrogen-bond acceptors (Lipinski definition) is 7. The highest BCUT2D eigenvalue weighted by Gasteiger charge is 2.12. The minimum atomic E-state index is -3.42. The molecule has 0 aromatic carbocycles. The van der Waals surface area contributed by atoms with E-state index in [4.69, 9.17) is 16.1 Å². The number of aromatic nitrogens is 3. The zero-order chi connectivity index (χ0) is 15.6. The van der Waals surface area contributed by atoms with Gasteiger partial charge in [-0.2, -0.15) is 0 Å². The highest BCUT2D eigenvalue weighted by molar-refractivity contribution is 7.98. The molecule has 114 valence electrons. The summed E-state index contributed by atoms with van der Waals surface area (Å²) in [4.78, 5) is 8.16. The second kappa shape index (κ2) is 6.20. The van der Waals surface area contributed by atoms with E-state index in [1.165, 1.54) is 17.8 Å². The number of thioether (sulfide) groups is 1. The van der Waals surface area contributed by atoms with Gasteiger partial charge in [0.1, 0.15) is 16.7 Å². The van der Waals surface area contributed by atoms with Crippen molar-refractivity contribution in [3.8, 4) is 0 Å². The van der Waals surface area contributed by atoms with Crippen LogP contribution < -0.4 is 4.72 Å². The number of nitrogens with one attached hydrogen (secondary N) is 1. The topological polar surface area (TPSA) is 98.0 Å². The van der Waals surface area contributed by atoms with Gasteiger partial charge in [-0.15, -0.1) is 0 Å². The average molecular weight is 349 g/mol. The van der Waals surface area contributed by atoms with Crippen LogP contribution in [0.15, 0.2) is 15.7 Å². The summed E-state index contributed by atoms with van der Waals surface area (Å²) in [6.45, 7) is 3.67. The van der Waals surface area contributed by atoms with Crippen molar-refractivity contribution in [3.63, 3.8) is 0 Å². The van der Waals surface area contributed by atoms with E-state index in [1.54, 1.807) is 0 Å². The van der Waals surface area contributed by atoms with Gasteiger partial charge in [0.25, 0.3) is 0 Å². The van der Waals surface area contributed by atoms with Crippen molar-refractivity contribution < 1.29 is 12.9 Å². The van der Waals surface area contributed by atoms with Gasteiger partial charge >= 0.3 is 0 Å². The Morgan fingerprint density at radius 2 is 2.10 bits per heavy atom. The Balaban J connectivity index is 2.17. The number of anilines is 1. The van der Waals surface area contributed by atoms with Crippen molar-refractivity contribution in [1.29, 1.82) is 0 Å². The number of nitrogens with zero attached hydrogens (tertiary/aromatic N) is 3. The molecule has 0 radical (unpaired) electrons. The molecule has 0 spiro atoms. The first-order chi connectivity index (χ1) is 9.74. The molecule has 0 aliphatic carbocycles. The summed E-state index contributed by atoms with van der Waals surface area (Å²) in [7, 11) is -3.42. The van der Waals surface area contributed by atoms with Crippen molar-refractivity contribution in [2.45, 2.75) is 24.8 Å². The Morgan fingerprint density at radius 1 is 1.38 bits per heavy atom. The average Bonchev–Trinajstić information content (AvgIpc) is 2.63. The molecule has 2 heterocycles. The molecule has 2 aromatic heterocycles. The summed E-state index contributed by atoms with van der Waals surface area (Å²) in [6, 6.07) is 1.35. The number of rotatable bonds is 5. The molecule has 0 bridgehead atoms. The summed E-state index contributed by atoms with van der Waals surface area (Å²) >= 11 is 7.19. The molecular weight excluding hydrogens is 336 g/mol. The van der Waals surface area contributed by atoms with Gasteiger partial charge in [0.15, 0.2) is 5.16 Å². The molecule has 0 atom stereocenters. The monoisotopic (exact) mass is 348 g/mol.